The van der Waals surface area contributed by atoms with Crippen molar-refractivity contribution in [2.75, 3.05) is 0 Å². The van der Waals surface area contributed by atoms with E-state index in [0.29, 0.717) is 11.1 Å². The molecule has 154 valence electrons. The van der Waals surface area contributed by atoms with E-state index >= 15 is 0 Å². The zero-order valence-corrected chi connectivity index (χ0v) is 16.4. The Kier molecular flexibility index (Phi) is 5.46. The predicted molar refractivity (Wildman–Crippen MR) is 103 cm³/mol. The molecule has 4 N–H and O–H groups in total. The number of carbonyl (C=O) groups is 2. The van der Waals surface area contributed by atoms with Crippen molar-refractivity contribution in [3.63, 3.8) is 0 Å². The molecule has 2 aromatic rings. The van der Waals surface area contributed by atoms with Crippen LogP contribution in [0.4, 0.5) is 0 Å². The molecule has 1 unspecified atom stereocenters. The summed E-state index contributed by atoms with van der Waals surface area (Å²) < 4.78 is 5.14. The summed E-state index contributed by atoms with van der Waals surface area (Å²) in [6.07, 6.45) is -5.72. The summed E-state index contributed by atoms with van der Waals surface area (Å²) in [7, 11) is 0. The van der Waals surface area contributed by atoms with Crippen molar-refractivity contribution >= 4 is 11.6 Å². The molecule has 2 aromatic carbocycles. The lowest BCUT2D eigenvalue weighted by atomic mass is 9.73. The van der Waals surface area contributed by atoms with Crippen molar-refractivity contribution in [2.24, 2.45) is 0 Å². The van der Waals surface area contributed by atoms with Crippen LogP contribution in [0.5, 0.6) is 0 Å². The number of benzene rings is 2. The van der Waals surface area contributed by atoms with E-state index in [-0.39, 0.29) is 11.1 Å². The number of rotatable bonds is 5. The Morgan fingerprint density at radius 3 is 2.14 bits per heavy atom. The van der Waals surface area contributed by atoms with Crippen LogP contribution < -0.4 is 0 Å². The second-order valence-corrected chi connectivity index (χ2v) is 7.59. The van der Waals surface area contributed by atoms with Gasteiger partial charge in [-0.3, -0.25) is 9.59 Å². The van der Waals surface area contributed by atoms with Gasteiger partial charge < -0.3 is 25.2 Å². The fraction of sp³-hybridized carbons (Fsp3) is 0.364. The lowest BCUT2D eigenvalue weighted by molar-refractivity contribution is -0.176. The highest BCUT2D eigenvalue weighted by Crippen LogP contribution is 2.43. The molecule has 1 heterocycles. The van der Waals surface area contributed by atoms with Gasteiger partial charge in [0.15, 0.2) is 29.4 Å². The van der Waals surface area contributed by atoms with E-state index in [1.165, 1.54) is 12.1 Å². The fourth-order valence-corrected chi connectivity index (χ4v) is 3.66. The van der Waals surface area contributed by atoms with Gasteiger partial charge in [0, 0.05) is 5.56 Å². The van der Waals surface area contributed by atoms with Gasteiger partial charge in [0.05, 0.1) is 0 Å². The van der Waals surface area contributed by atoms with E-state index in [0.717, 1.165) is 6.92 Å². The first-order valence-corrected chi connectivity index (χ1v) is 9.19. The molecule has 1 aliphatic rings. The van der Waals surface area contributed by atoms with Crippen LogP contribution in [0.15, 0.2) is 48.5 Å². The normalized spacial score (nSPS) is 30.2. The Bertz CT molecular complexity index is 952. The number of Topliss-reactive ketones (excluding diaryl/α,β-unsaturated/α-hetero) is 2. The third kappa shape index (κ3) is 3.21. The standard InChI is InChI=1S/C22H24O7/c1-12-8-4-6-10-14(12)16(23)17(24)19-22(28,21(3,27)20(26)29-19)18(25)15-11-7-5-9-13(15)2/h4-11,16,19-20,23,26-28H,1-3H3/t16?,19-,20+,21+,22-/m1/s1. The van der Waals surface area contributed by atoms with Crippen LogP contribution in [0.25, 0.3) is 0 Å². The number of hydrogen-bond donors (Lipinski definition) is 4. The highest BCUT2D eigenvalue weighted by atomic mass is 16.7. The van der Waals surface area contributed by atoms with Crippen LogP contribution in [-0.4, -0.2) is 55.6 Å². The molecule has 5 atom stereocenters. The van der Waals surface area contributed by atoms with Crippen molar-refractivity contribution in [3.8, 4) is 0 Å². The zero-order valence-electron chi connectivity index (χ0n) is 16.4. The molecular formula is C22H24O7. The van der Waals surface area contributed by atoms with Gasteiger partial charge in [-0.15, -0.1) is 0 Å². The Labute approximate surface area is 168 Å². The molecule has 1 fully saturated rings. The molecule has 1 saturated heterocycles. The summed E-state index contributed by atoms with van der Waals surface area (Å²) >= 11 is 0. The van der Waals surface area contributed by atoms with Gasteiger partial charge in [-0.05, 0) is 37.5 Å². The zero-order chi connectivity index (χ0) is 21.6. The van der Waals surface area contributed by atoms with Gasteiger partial charge in [-0.25, -0.2) is 0 Å². The topological polar surface area (TPSA) is 124 Å². The second kappa shape index (κ2) is 7.44. The molecule has 0 amide bonds. The van der Waals surface area contributed by atoms with Crippen molar-refractivity contribution in [2.45, 2.75) is 50.5 Å². The Morgan fingerprint density at radius 2 is 1.55 bits per heavy atom. The monoisotopic (exact) mass is 400 g/mol. The van der Waals surface area contributed by atoms with E-state index < -0.39 is 41.3 Å². The van der Waals surface area contributed by atoms with Gasteiger partial charge in [-0.1, -0.05) is 48.5 Å². The van der Waals surface area contributed by atoms with Crippen molar-refractivity contribution in [3.05, 3.63) is 70.8 Å². The van der Waals surface area contributed by atoms with E-state index in [9.17, 15) is 30.0 Å². The summed E-state index contributed by atoms with van der Waals surface area (Å²) in [6, 6.07) is 12.9. The number of aryl methyl sites for hydroxylation is 2. The third-order valence-corrected chi connectivity index (χ3v) is 5.64. The van der Waals surface area contributed by atoms with Crippen LogP contribution in [0.2, 0.25) is 0 Å². The average Bonchev–Trinajstić information content (AvgIpc) is 2.88. The first-order chi connectivity index (χ1) is 13.5. The van der Waals surface area contributed by atoms with E-state index in [1.807, 2.05) is 0 Å². The largest absolute Gasteiger partial charge is 0.381 e. The smallest absolute Gasteiger partial charge is 0.201 e. The molecule has 1 aliphatic heterocycles. The minimum absolute atomic E-state index is 0.0659. The minimum Gasteiger partial charge on any atom is -0.381 e. The number of hydrogen-bond acceptors (Lipinski definition) is 7. The third-order valence-electron chi connectivity index (χ3n) is 5.64. The van der Waals surface area contributed by atoms with Crippen LogP contribution in [0, 0.1) is 13.8 Å². The summed E-state index contributed by atoms with van der Waals surface area (Å²) in [5.41, 5.74) is -3.83. The van der Waals surface area contributed by atoms with Gasteiger partial charge in [0.2, 0.25) is 5.78 Å². The molecule has 7 heteroatoms. The Balaban J connectivity index is 2.07. The van der Waals surface area contributed by atoms with Crippen molar-refractivity contribution in [1.29, 1.82) is 0 Å². The lowest BCUT2D eigenvalue weighted by Crippen LogP contribution is -2.64. The van der Waals surface area contributed by atoms with Crippen LogP contribution >= 0.6 is 0 Å². The van der Waals surface area contributed by atoms with Crippen LogP contribution in [-0.2, 0) is 9.53 Å². The summed E-state index contributed by atoms with van der Waals surface area (Å²) in [5.74, 6) is -2.02. The molecule has 3 rings (SSSR count). The predicted octanol–water partition coefficient (Wildman–Crippen LogP) is 0.988. The summed E-state index contributed by atoms with van der Waals surface area (Å²) in [6.45, 7) is 4.34. The number of aliphatic hydroxyl groups is 4. The first-order valence-electron chi connectivity index (χ1n) is 9.19. The second-order valence-electron chi connectivity index (χ2n) is 7.59. The molecule has 29 heavy (non-hydrogen) atoms. The Hall–Kier alpha value is -2.42. The fourth-order valence-electron chi connectivity index (χ4n) is 3.66. The van der Waals surface area contributed by atoms with Gasteiger partial charge in [-0.2, -0.15) is 0 Å². The van der Waals surface area contributed by atoms with E-state index in [4.69, 9.17) is 4.74 Å². The van der Waals surface area contributed by atoms with Gasteiger partial charge in [0.1, 0.15) is 6.10 Å². The molecule has 0 aromatic heterocycles. The lowest BCUT2D eigenvalue weighted by Gasteiger charge is -2.36. The van der Waals surface area contributed by atoms with Gasteiger partial charge >= 0.3 is 0 Å². The molecule has 0 aliphatic carbocycles. The van der Waals surface area contributed by atoms with Crippen LogP contribution in [0.3, 0.4) is 0 Å². The average molecular weight is 400 g/mol. The molecule has 0 saturated carbocycles. The summed E-state index contributed by atoms with van der Waals surface area (Å²) in [4.78, 5) is 26.3. The van der Waals surface area contributed by atoms with E-state index in [1.54, 1.807) is 50.2 Å². The quantitative estimate of drug-likeness (QED) is 0.552. The van der Waals surface area contributed by atoms with Crippen molar-refractivity contribution in [1.82, 2.24) is 0 Å². The SMILES string of the molecule is Cc1ccccc1C(=O)[C@@]1(O)[C@@H](C(=O)C(O)c2ccccc2C)O[C@H](O)[C@]1(C)O. The highest BCUT2D eigenvalue weighted by Gasteiger charge is 2.69. The number of ether oxygens (including phenoxy) is 1. The minimum atomic E-state index is -2.81. The Morgan fingerprint density at radius 1 is 1.00 bits per heavy atom. The van der Waals surface area contributed by atoms with Crippen LogP contribution in [0.1, 0.15) is 40.1 Å². The number of ketones is 2. The maximum atomic E-state index is 13.3. The summed E-state index contributed by atoms with van der Waals surface area (Å²) in [5, 5.41) is 42.8. The maximum Gasteiger partial charge on any atom is 0.201 e. The highest BCUT2D eigenvalue weighted by molar-refractivity contribution is 6.09. The number of aliphatic hydroxyl groups excluding tert-OH is 2. The van der Waals surface area contributed by atoms with Crippen molar-refractivity contribution < 1.29 is 34.8 Å². The molecular weight excluding hydrogens is 376 g/mol. The molecule has 0 radical (unpaired) electrons. The first kappa shape index (κ1) is 21.3. The van der Waals surface area contributed by atoms with Gasteiger partial charge in [0.25, 0.3) is 0 Å². The molecule has 0 bridgehead atoms. The maximum absolute atomic E-state index is 13.3. The van der Waals surface area contributed by atoms with E-state index in [2.05, 4.69) is 0 Å². The molecule has 0 spiro atoms. The number of carbonyl (C=O) groups excluding carboxylic acids is 2. The molecule has 7 nitrogen and oxygen atoms in total.